The van der Waals surface area contributed by atoms with Gasteiger partial charge in [-0.15, -0.1) is 0 Å². The summed E-state index contributed by atoms with van der Waals surface area (Å²) in [6.07, 6.45) is 2.69. The Hall–Kier alpha value is -2.70. The summed E-state index contributed by atoms with van der Waals surface area (Å²) >= 11 is 0. The molecule has 2 heterocycles. The number of aromatic carboxylic acids is 1. The van der Waals surface area contributed by atoms with E-state index in [2.05, 4.69) is 15.4 Å². The Kier molecular flexibility index (Phi) is 3.28. The van der Waals surface area contributed by atoms with Gasteiger partial charge in [-0.3, -0.25) is 9.48 Å². The van der Waals surface area contributed by atoms with Crippen molar-refractivity contribution in [2.24, 2.45) is 7.05 Å². The maximum Gasteiger partial charge on any atom is 0.339 e. The number of nitrogens with one attached hydrogen (secondary N) is 1. The largest absolute Gasteiger partial charge is 0.478 e. The van der Waals surface area contributed by atoms with Crippen molar-refractivity contribution in [2.45, 2.75) is 6.92 Å². The SMILES string of the molecule is Cc1cccnc1NC(=O)c1c(C(=O)O)cnn1C. The lowest BCUT2D eigenvalue weighted by atomic mass is 10.2. The lowest BCUT2D eigenvalue weighted by Gasteiger charge is -2.07. The zero-order valence-electron chi connectivity index (χ0n) is 10.4. The minimum atomic E-state index is -1.20. The Morgan fingerprint density at radius 2 is 2.16 bits per heavy atom. The highest BCUT2D eigenvalue weighted by Crippen LogP contribution is 2.13. The number of carbonyl (C=O) groups is 2. The average molecular weight is 260 g/mol. The number of pyridine rings is 1. The van der Waals surface area contributed by atoms with E-state index in [0.717, 1.165) is 11.8 Å². The van der Waals surface area contributed by atoms with Crippen LogP contribution in [0.4, 0.5) is 5.82 Å². The van der Waals surface area contributed by atoms with E-state index in [1.54, 1.807) is 25.3 Å². The lowest BCUT2D eigenvalue weighted by molar-refractivity contribution is 0.0692. The highest BCUT2D eigenvalue weighted by Gasteiger charge is 2.22. The summed E-state index contributed by atoms with van der Waals surface area (Å²) in [7, 11) is 1.51. The van der Waals surface area contributed by atoms with Crippen LogP contribution in [0.1, 0.15) is 26.4 Å². The summed E-state index contributed by atoms with van der Waals surface area (Å²) in [5.74, 6) is -1.36. The van der Waals surface area contributed by atoms with E-state index in [0.29, 0.717) is 5.82 Å². The molecular weight excluding hydrogens is 248 g/mol. The molecular formula is C12H12N4O3. The molecule has 0 aromatic carbocycles. The highest BCUT2D eigenvalue weighted by atomic mass is 16.4. The van der Waals surface area contributed by atoms with Crippen LogP contribution in [0.25, 0.3) is 0 Å². The zero-order valence-corrected chi connectivity index (χ0v) is 10.4. The van der Waals surface area contributed by atoms with E-state index < -0.39 is 11.9 Å². The molecule has 7 nitrogen and oxygen atoms in total. The third-order valence-corrected chi connectivity index (χ3v) is 2.63. The number of carbonyl (C=O) groups excluding carboxylic acids is 1. The molecule has 0 aliphatic carbocycles. The van der Waals surface area contributed by atoms with Gasteiger partial charge in [0.05, 0.1) is 6.20 Å². The fourth-order valence-electron chi connectivity index (χ4n) is 1.65. The first-order valence-electron chi connectivity index (χ1n) is 5.49. The fraction of sp³-hybridized carbons (Fsp3) is 0.167. The van der Waals surface area contributed by atoms with Gasteiger partial charge in [0.1, 0.15) is 17.1 Å². The second-order valence-corrected chi connectivity index (χ2v) is 3.96. The Morgan fingerprint density at radius 1 is 1.42 bits per heavy atom. The molecule has 0 atom stereocenters. The summed E-state index contributed by atoms with van der Waals surface area (Å²) in [6.45, 7) is 1.80. The number of hydrogen-bond acceptors (Lipinski definition) is 4. The fourth-order valence-corrected chi connectivity index (χ4v) is 1.65. The number of carboxylic acid groups (broad SMARTS) is 1. The van der Waals surface area contributed by atoms with E-state index in [1.165, 1.54) is 11.7 Å². The second kappa shape index (κ2) is 4.89. The number of amides is 1. The average Bonchev–Trinajstić information content (AvgIpc) is 2.74. The number of aromatic nitrogens is 3. The van der Waals surface area contributed by atoms with Crippen LogP contribution in [0.3, 0.4) is 0 Å². The van der Waals surface area contributed by atoms with E-state index in [-0.39, 0.29) is 11.3 Å². The lowest BCUT2D eigenvalue weighted by Crippen LogP contribution is -2.20. The predicted octanol–water partition coefficient (Wildman–Crippen LogP) is 1.07. The van der Waals surface area contributed by atoms with Gasteiger partial charge in [0, 0.05) is 13.2 Å². The van der Waals surface area contributed by atoms with Gasteiger partial charge < -0.3 is 10.4 Å². The van der Waals surface area contributed by atoms with Gasteiger partial charge in [-0.05, 0) is 18.6 Å². The van der Waals surface area contributed by atoms with Gasteiger partial charge in [0.25, 0.3) is 5.91 Å². The highest BCUT2D eigenvalue weighted by molar-refractivity contribution is 6.09. The topological polar surface area (TPSA) is 97.1 Å². The molecule has 0 aliphatic rings. The molecule has 7 heteroatoms. The minimum Gasteiger partial charge on any atom is -0.478 e. The van der Waals surface area contributed by atoms with Gasteiger partial charge in [-0.1, -0.05) is 6.07 Å². The van der Waals surface area contributed by atoms with E-state index in [4.69, 9.17) is 5.11 Å². The summed E-state index contributed by atoms with van der Waals surface area (Å²) < 4.78 is 1.22. The van der Waals surface area contributed by atoms with E-state index in [9.17, 15) is 9.59 Å². The molecule has 2 aromatic heterocycles. The third kappa shape index (κ3) is 2.44. The van der Waals surface area contributed by atoms with Crippen LogP contribution in [0.5, 0.6) is 0 Å². The number of nitrogens with zero attached hydrogens (tertiary/aromatic N) is 3. The van der Waals surface area contributed by atoms with Crippen LogP contribution in [0.2, 0.25) is 0 Å². The number of anilines is 1. The minimum absolute atomic E-state index is 0.0162. The summed E-state index contributed by atoms with van der Waals surface area (Å²) in [5.41, 5.74) is 0.626. The van der Waals surface area contributed by atoms with Crippen molar-refractivity contribution in [3.05, 3.63) is 41.3 Å². The van der Waals surface area contributed by atoms with Crippen LogP contribution in [-0.4, -0.2) is 31.7 Å². The van der Waals surface area contributed by atoms with Crippen molar-refractivity contribution in [3.63, 3.8) is 0 Å². The first-order chi connectivity index (χ1) is 9.00. The van der Waals surface area contributed by atoms with Gasteiger partial charge in [0.2, 0.25) is 0 Å². The Bertz CT molecular complexity index is 648. The van der Waals surface area contributed by atoms with Gasteiger partial charge in [-0.25, -0.2) is 9.78 Å². The molecule has 98 valence electrons. The first kappa shape index (κ1) is 12.7. The molecule has 19 heavy (non-hydrogen) atoms. The molecule has 1 amide bonds. The number of hydrogen-bond donors (Lipinski definition) is 2. The molecule has 0 spiro atoms. The van der Waals surface area contributed by atoms with E-state index >= 15 is 0 Å². The smallest absolute Gasteiger partial charge is 0.339 e. The van der Waals surface area contributed by atoms with Crippen molar-refractivity contribution in [1.29, 1.82) is 0 Å². The van der Waals surface area contributed by atoms with Gasteiger partial charge >= 0.3 is 5.97 Å². The Labute approximate surface area is 108 Å². The van der Waals surface area contributed by atoms with Crippen LogP contribution in [0, 0.1) is 6.92 Å². The molecule has 0 fully saturated rings. The van der Waals surface area contributed by atoms with Crippen LogP contribution < -0.4 is 5.32 Å². The molecule has 0 aliphatic heterocycles. The molecule has 0 unspecified atom stereocenters. The molecule has 0 radical (unpaired) electrons. The van der Waals surface area contributed by atoms with Crippen molar-refractivity contribution < 1.29 is 14.7 Å². The molecule has 0 saturated carbocycles. The normalized spacial score (nSPS) is 10.2. The maximum absolute atomic E-state index is 12.1. The molecule has 2 aromatic rings. The van der Waals surface area contributed by atoms with Crippen LogP contribution in [0.15, 0.2) is 24.5 Å². The van der Waals surface area contributed by atoms with Gasteiger partial charge in [0.15, 0.2) is 0 Å². The molecule has 0 bridgehead atoms. The summed E-state index contributed by atoms with van der Waals surface area (Å²) in [6, 6.07) is 3.54. The van der Waals surface area contributed by atoms with Crippen LogP contribution >= 0.6 is 0 Å². The predicted molar refractivity (Wildman–Crippen MR) is 67.1 cm³/mol. The van der Waals surface area contributed by atoms with Crippen LogP contribution in [-0.2, 0) is 7.05 Å². The quantitative estimate of drug-likeness (QED) is 0.860. The number of carboxylic acids is 1. The van der Waals surface area contributed by atoms with Gasteiger partial charge in [-0.2, -0.15) is 5.10 Å². The van der Waals surface area contributed by atoms with Crippen molar-refractivity contribution in [2.75, 3.05) is 5.32 Å². The third-order valence-electron chi connectivity index (χ3n) is 2.63. The maximum atomic E-state index is 12.1. The van der Waals surface area contributed by atoms with Crippen molar-refractivity contribution >= 4 is 17.7 Å². The Balaban J connectivity index is 2.33. The molecule has 2 rings (SSSR count). The van der Waals surface area contributed by atoms with Crippen molar-refractivity contribution in [1.82, 2.24) is 14.8 Å². The second-order valence-electron chi connectivity index (χ2n) is 3.96. The molecule has 0 saturated heterocycles. The Morgan fingerprint density at radius 3 is 2.79 bits per heavy atom. The summed E-state index contributed by atoms with van der Waals surface area (Å²) in [5, 5.41) is 15.4. The molecule has 2 N–H and O–H groups in total. The number of aryl methyl sites for hydroxylation is 2. The standard InChI is InChI=1S/C12H12N4O3/c1-7-4-3-5-13-10(7)15-11(17)9-8(12(18)19)6-14-16(9)2/h3-6H,1-2H3,(H,18,19)(H,13,15,17). The summed E-state index contributed by atoms with van der Waals surface area (Å²) in [4.78, 5) is 27.1. The monoisotopic (exact) mass is 260 g/mol. The first-order valence-corrected chi connectivity index (χ1v) is 5.49. The number of rotatable bonds is 3. The van der Waals surface area contributed by atoms with E-state index in [1.807, 2.05) is 0 Å². The van der Waals surface area contributed by atoms with Crippen molar-refractivity contribution in [3.8, 4) is 0 Å². The zero-order chi connectivity index (χ0) is 14.0.